The monoisotopic (exact) mass is 1350 g/mol. The van der Waals surface area contributed by atoms with Crippen molar-refractivity contribution in [3.05, 3.63) is 24.3 Å². The Morgan fingerprint density at radius 1 is 0.337 bits per heavy atom. The number of carbonyl (C=O) groups is 4. The van der Waals surface area contributed by atoms with E-state index in [0.717, 1.165) is 116 Å². The molecule has 0 radical (unpaired) electrons. The first-order chi connectivity index (χ1) is 44.5. The molecule has 0 aliphatic carbocycles. The lowest BCUT2D eigenvalue weighted by atomic mass is 10.0. The van der Waals surface area contributed by atoms with Gasteiger partial charge in [0.1, 0.15) is 19.3 Å². The van der Waals surface area contributed by atoms with Crippen LogP contribution in [0, 0.1) is 5.92 Å². The number of hydrogen-bond acceptors (Lipinski definition) is 15. The number of allylic oxidation sites excluding steroid dienone is 4. The van der Waals surface area contributed by atoms with Crippen LogP contribution in [0.25, 0.3) is 0 Å². The van der Waals surface area contributed by atoms with Gasteiger partial charge in [0.25, 0.3) is 0 Å². The Morgan fingerprint density at radius 2 is 0.587 bits per heavy atom. The average Bonchev–Trinajstić information content (AvgIpc) is 2.29. The van der Waals surface area contributed by atoms with Crippen molar-refractivity contribution in [1.82, 2.24) is 0 Å². The minimum atomic E-state index is -4.96. The van der Waals surface area contributed by atoms with E-state index in [1.165, 1.54) is 154 Å². The summed E-state index contributed by atoms with van der Waals surface area (Å²) in [6, 6.07) is 0. The largest absolute Gasteiger partial charge is 0.472 e. The molecule has 0 aliphatic rings. The molecule has 0 rings (SSSR count). The maximum atomic E-state index is 13.0. The van der Waals surface area contributed by atoms with Crippen molar-refractivity contribution in [3.63, 3.8) is 0 Å². The Morgan fingerprint density at radius 3 is 0.891 bits per heavy atom. The number of aliphatic hydroxyl groups excluding tert-OH is 1. The Bertz CT molecular complexity index is 1860. The third-order valence-electron chi connectivity index (χ3n) is 16.4. The Balaban J connectivity index is 5.25. The van der Waals surface area contributed by atoms with Crippen LogP contribution in [0.15, 0.2) is 24.3 Å². The predicted octanol–water partition coefficient (Wildman–Crippen LogP) is 20.9. The number of ether oxygens (including phenoxy) is 4. The number of carbonyl (C=O) groups excluding carboxylic acids is 4. The fourth-order valence-corrected chi connectivity index (χ4v) is 12.2. The quantitative estimate of drug-likeness (QED) is 0.0169. The van der Waals surface area contributed by atoms with Crippen LogP contribution < -0.4 is 0 Å². The van der Waals surface area contributed by atoms with Gasteiger partial charge in [-0.3, -0.25) is 37.3 Å². The second kappa shape index (κ2) is 65.8. The molecule has 0 aromatic heterocycles. The smallest absolute Gasteiger partial charge is 0.462 e. The molecule has 0 saturated heterocycles. The molecule has 0 bridgehead atoms. The highest BCUT2D eigenvalue weighted by atomic mass is 31.2. The summed E-state index contributed by atoms with van der Waals surface area (Å²) in [7, 11) is -9.91. The molecule has 2 unspecified atom stereocenters. The second-order valence-corrected chi connectivity index (χ2v) is 29.0. The van der Waals surface area contributed by atoms with Crippen LogP contribution in [0.5, 0.6) is 0 Å². The summed E-state index contributed by atoms with van der Waals surface area (Å²) in [5, 5.41) is 10.6. The third kappa shape index (κ3) is 66.2. The highest BCUT2D eigenvalue weighted by Gasteiger charge is 2.30. The van der Waals surface area contributed by atoms with Crippen LogP contribution in [0.4, 0.5) is 0 Å². The first-order valence-corrected chi connectivity index (χ1v) is 40.4. The van der Waals surface area contributed by atoms with Gasteiger partial charge in [-0.15, -0.1) is 0 Å². The summed E-state index contributed by atoms with van der Waals surface area (Å²) in [4.78, 5) is 72.6. The molecular weight excluding hydrogens is 1210 g/mol. The van der Waals surface area contributed by atoms with Crippen molar-refractivity contribution in [2.75, 3.05) is 39.6 Å². The van der Waals surface area contributed by atoms with Crippen molar-refractivity contribution in [3.8, 4) is 0 Å². The third-order valence-corrected chi connectivity index (χ3v) is 18.3. The van der Waals surface area contributed by atoms with E-state index in [1.54, 1.807) is 0 Å². The SMILES string of the molecule is CCCCCC/C=C\C=C/CCCCCCCC(=O)OC[C@H](COP(=O)(O)OC[C@@H](O)COP(=O)(O)OC[C@@H](COC(=O)CCCCCCCCC(C)C)OC(=O)CCCCCCCCCCCC)OC(=O)CCCCCCCCCCCCCCCCCCCC. The van der Waals surface area contributed by atoms with Gasteiger partial charge in [0.2, 0.25) is 0 Å². The summed E-state index contributed by atoms with van der Waals surface area (Å²) in [5.41, 5.74) is 0. The van der Waals surface area contributed by atoms with Gasteiger partial charge in [-0.1, -0.05) is 303 Å². The van der Waals surface area contributed by atoms with Gasteiger partial charge in [0.15, 0.2) is 12.2 Å². The first-order valence-electron chi connectivity index (χ1n) is 37.5. The number of phosphoric ester groups is 2. The highest BCUT2D eigenvalue weighted by molar-refractivity contribution is 7.47. The zero-order chi connectivity index (χ0) is 67.7. The highest BCUT2D eigenvalue weighted by Crippen LogP contribution is 2.45. The molecule has 17 nitrogen and oxygen atoms in total. The lowest BCUT2D eigenvalue weighted by Gasteiger charge is -2.21. The Kier molecular flexibility index (Phi) is 64.0. The molecule has 3 N–H and O–H groups in total. The van der Waals surface area contributed by atoms with E-state index in [2.05, 4.69) is 58.9 Å². The minimum Gasteiger partial charge on any atom is -0.462 e. The number of unbranched alkanes of at least 4 members (excludes halogenated alkanes) is 40. The van der Waals surface area contributed by atoms with Crippen LogP contribution in [0.2, 0.25) is 0 Å². The molecule has 542 valence electrons. The summed E-state index contributed by atoms with van der Waals surface area (Å²) in [6.07, 6.45) is 56.5. The fraction of sp³-hybridized carbons (Fsp3) is 0.890. The maximum absolute atomic E-state index is 13.0. The summed E-state index contributed by atoms with van der Waals surface area (Å²) < 4.78 is 68.3. The molecule has 0 spiro atoms. The van der Waals surface area contributed by atoms with Gasteiger partial charge in [0, 0.05) is 25.7 Å². The van der Waals surface area contributed by atoms with E-state index in [0.29, 0.717) is 31.6 Å². The normalized spacial score (nSPS) is 14.2. The molecule has 0 heterocycles. The lowest BCUT2D eigenvalue weighted by molar-refractivity contribution is -0.161. The van der Waals surface area contributed by atoms with E-state index in [-0.39, 0.29) is 25.7 Å². The van der Waals surface area contributed by atoms with Gasteiger partial charge >= 0.3 is 39.5 Å². The molecule has 92 heavy (non-hydrogen) atoms. The zero-order valence-corrected chi connectivity index (χ0v) is 61.0. The maximum Gasteiger partial charge on any atom is 0.472 e. The Hall–Kier alpha value is -2.46. The van der Waals surface area contributed by atoms with Crippen molar-refractivity contribution >= 4 is 39.5 Å². The van der Waals surface area contributed by atoms with E-state index in [4.69, 9.17) is 37.0 Å². The second-order valence-electron chi connectivity index (χ2n) is 26.1. The van der Waals surface area contributed by atoms with Crippen molar-refractivity contribution in [2.45, 2.75) is 374 Å². The molecule has 19 heteroatoms. The topological polar surface area (TPSA) is 237 Å². The van der Waals surface area contributed by atoms with E-state index < -0.39 is 97.5 Å². The van der Waals surface area contributed by atoms with Gasteiger partial charge in [0.05, 0.1) is 26.4 Å². The van der Waals surface area contributed by atoms with E-state index >= 15 is 0 Å². The fourth-order valence-electron chi connectivity index (χ4n) is 10.6. The number of rotatable bonds is 71. The predicted molar refractivity (Wildman–Crippen MR) is 372 cm³/mol. The van der Waals surface area contributed by atoms with Gasteiger partial charge < -0.3 is 33.8 Å². The standard InChI is InChI=1S/C73H138O17P2/c1-6-9-12-15-18-21-24-26-28-29-30-32-34-36-39-42-49-54-59-73(78)89-68(62-83-70(75)56-51-46-40-38-35-33-31-27-25-22-19-16-13-10-7-2)64-87-91(79,80)85-60-67(74)61-86-92(81,82)88-65-69(63-84-71(76)57-52-47-44-43-45-50-55-66(4)5)90-72(77)58-53-48-41-37-23-20-17-14-11-8-3/h22,25,27,31,66-69,74H,6-21,23-24,26,28-30,32-65H2,1-5H3,(H,79,80)(H,81,82)/b25-22-,31-27-/t67-,68-,69-/m1/s1. The molecule has 0 aliphatic heterocycles. The summed E-state index contributed by atoms with van der Waals surface area (Å²) in [6.45, 7) is 7.11. The molecule has 0 amide bonds. The lowest BCUT2D eigenvalue weighted by Crippen LogP contribution is -2.30. The molecule has 5 atom stereocenters. The summed E-state index contributed by atoms with van der Waals surface area (Å²) in [5.74, 6) is -1.47. The van der Waals surface area contributed by atoms with Crippen molar-refractivity contribution in [1.29, 1.82) is 0 Å². The molecular formula is C73H138O17P2. The Labute approximate surface area is 561 Å². The van der Waals surface area contributed by atoms with Crippen molar-refractivity contribution in [2.24, 2.45) is 5.92 Å². The van der Waals surface area contributed by atoms with Crippen molar-refractivity contribution < 1.29 is 80.2 Å². The number of hydrogen-bond donors (Lipinski definition) is 3. The number of aliphatic hydroxyl groups is 1. The molecule has 0 aromatic carbocycles. The number of phosphoric acid groups is 2. The average molecular weight is 1350 g/mol. The van der Waals surface area contributed by atoms with Gasteiger partial charge in [-0.05, 0) is 57.3 Å². The van der Waals surface area contributed by atoms with Gasteiger partial charge in [-0.2, -0.15) is 0 Å². The van der Waals surface area contributed by atoms with E-state index in [1.807, 2.05) is 0 Å². The van der Waals surface area contributed by atoms with E-state index in [9.17, 15) is 43.2 Å². The number of esters is 4. The summed E-state index contributed by atoms with van der Waals surface area (Å²) >= 11 is 0. The zero-order valence-electron chi connectivity index (χ0n) is 59.2. The first kappa shape index (κ1) is 89.5. The molecule has 0 fully saturated rings. The minimum absolute atomic E-state index is 0.102. The van der Waals surface area contributed by atoms with Crippen LogP contribution in [-0.4, -0.2) is 96.7 Å². The molecule has 0 saturated carbocycles. The van der Waals surface area contributed by atoms with Gasteiger partial charge in [-0.25, -0.2) is 9.13 Å². The molecule has 0 aromatic rings. The van der Waals surface area contributed by atoms with Crippen LogP contribution in [0.1, 0.15) is 356 Å². The van der Waals surface area contributed by atoms with Crippen LogP contribution >= 0.6 is 15.6 Å². The van der Waals surface area contributed by atoms with Crippen LogP contribution in [-0.2, 0) is 65.4 Å². The van der Waals surface area contributed by atoms with Crippen LogP contribution in [0.3, 0.4) is 0 Å².